The van der Waals surface area contributed by atoms with Crippen LogP contribution in [0.1, 0.15) is 57.9 Å². The average Bonchev–Trinajstić information content (AvgIpc) is 2.42. The molecule has 1 aromatic rings. The fraction of sp³-hybridized carbons (Fsp3) is 0.650. The highest BCUT2D eigenvalue weighted by atomic mass is 16.3. The topological polar surface area (TPSA) is 49.3 Å². The van der Waals surface area contributed by atoms with Crippen molar-refractivity contribution < 1.29 is 9.90 Å². The number of carbonyl (C=O) groups excluding carboxylic acids is 1. The van der Waals surface area contributed by atoms with Gasteiger partial charge in [-0.1, -0.05) is 26.0 Å². The molecule has 4 bridgehead atoms. The number of carbonyl (C=O) groups is 1. The molecule has 4 saturated carbocycles. The Hall–Kier alpha value is -1.51. The number of phenolic OH excluding ortho intramolecular Hbond substituents is 1. The minimum Gasteiger partial charge on any atom is -0.508 e. The maximum atomic E-state index is 13.1. The molecule has 2 atom stereocenters. The predicted octanol–water partition coefficient (Wildman–Crippen LogP) is 4.01. The van der Waals surface area contributed by atoms with Gasteiger partial charge < -0.3 is 10.4 Å². The zero-order chi connectivity index (χ0) is 16.3. The third-order valence-corrected chi connectivity index (χ3v) is 6.50. The molecule has 23 heavy (non-hydrogen) atoms. The van der Waals surface area contributed by atoms with Gasteiger partial charge in [-0.25, -0.2) is 0 Å². The number of amides is 1. The van der Waals surface area contributed by atoms with E-state index >= 15 is 0 Å². The highest BCUT2D eigenvalue weighted by Gasteiger charge is 2.62. The van der Waals surface area contributed by atoms with E-state index in [2.05, 4.69) is 19.2 Å². The summed E-state index contributed by atoms with van der Waals surface area (Å²) in [7, 11) is 0. The Morgan fingerprint density at radius 2 is 1.70 bits per heavy atom. The van der Waals surface area contributed by atoms with Crippen LogP contribution in [-0.4, -0.2) is 11.0 Å². The van der Waals surface area contributed by atoms with Gasteiger partial charge in [-0.2, -0.15) is 0 Å². The van der Waals surface area contributed by atoms with E-state index in [1.165, 1.54) is 19.3 Å². The number of hydrogen-bond donors (Lipinski definition) is 2. The van der Waals surface area contributed by atoms with Crippen molar-refractivity contribution >= 4 is 5.91 Å². The molecule has 4 aliphatic rings. The summed E-state index contributed by atoms with van der Waals surface area (Å²) in [6.07, 6.45) is 7.13. The van der Waals surface area contributed by atoms with Crippen molar-refractivity contribution in [3.05, 3.63) is 29.8 Å². The van der Waals surface area contributed by atoms with Gasteiger partial charge in [0.05, 0.1) is 5.41 Å². The molecule has 3 heteroatoms. The summed E-state index contributed by atoms with van der Waals surface area (Å²) >= 11 is 0. The summed E-state index contributed by atoms with van der Waals surface area (Å²) in [6, 6.07) is 7.10. The second kappa shape index (κ2) is 4.75. The van der Waals surface area contributed by atoms with Gasteiger partial charge in [0.1, 0.15) is 5.75 Å². The monoisotopic (exact) mass is 313 g/mol. The number of aromatic hydroxyl groups is 1. The van der Waals surface area contributed by atoms with E-state index in [4.69, 9.17) is 0 Å². The van der Waals surface area contributed by atoms with E-state index in [-0.39, 0.29) is 17.1 Å². The number of hydrogen-bond acceptors (Lipinski definition) is 2. The summed E-state index contributed by atoms with van der Waals surface area (Å²) in [5.74, 6) is 1.26. The molecule has 0 unspecified atom stereocenters. The Kier molecular flexibility index (Phi) is 3.11. The maximum absolute atomic E-state index is 13.1. The quantitative estimate of drug-likeness (QED) is 0.886. The molecule has 1 amide bonds. The van der Waals surface area contributed by atoms with Crippen LogP contribution in [0.3, 0.4) is 0 Å². The third-order valence-electron chi connectivity index (χ3n) is 6.50. The fourth-order valence-corrected chi connectivity index (χ4v) is 6.68. The van der Waals surface area contributed by atoms with Crippen LogP contribution in [0.2, 0.25) is 0 Å². The summed E-state index contributed by atoms with van der Waals surface area (Å²) in [5.41, 5.74) is 1.63. The van der Waals surface area contributed by atoms with Gasteiger partial charge in [0, 0.05) is 6.54 Å². The Labute approximate surface area is 138 Å². The van der Waals surface area contributed by atoms with E-state index in [1.54, 1.807) is 12.1 Å². The van der Waals surface area contributed by atoms with E-state index in [9.17, 15) is 9.90 Å². The minimum atomic E-state index is -0.139. The summed E-state index contributed by atoms with van der Waals surface area (Å²) in [6.45, 7) is 5.36. The van der Waals surface area contributed by atoms with E-state index in [0.29, 0.717) is 17.4 Å². The number of rotatable bonds is 3. The summed E-state index contributed by atoms with van der Waals surface area (Å²) in [5, 5.41) is 12.5. The standard InChI is InChI=1S/C20H27NO2/c1-18-7-15-8-19(2,11-18)13-20(9-15,12-18)17(23)21-10-14-3-5-16(22)6-4-14/h3-6,15,22H,7-13H2,1-2H3,(H,21,23)/t15?,18-,19-,20?/m0/s1. The predicted molar refractivity (Wildman–Crippen MR) is 89.8 cm³/mol. The molecule has 0 spiro atoms. The molecular weight excluding hydrogens is 286 g/mol. The third kappa shape index (κ3) is 2.54. The van der Waals surface area contributed by atoms with Crippen molar-refractivity contribution in [2.45, 2.75) is 58.9 Å². The molecule has 0 saturated heterocycles. The molecule has 4 aliphatic carbocycles. The molecular formula is C20H27NO2. The highest BCUT2D eigenvalue weighted by Crippen LogP contribution is 2.69. The molecule has 4 fully saturated rings. The molecule has 1 aromatic carbocycles. The SMILES string of the molecule is C[C@@]12CC3CC(C(=O)NCc4ccc(O)cc4)(C1)C[C@@](C)(C3)C2. The smallest absolute Gasteiger partial charge is 0.226 e. The minimum absolute atomic E-state index is 0.139. The van der Waals surface area contributed by atoms with Gasteiger partial charge in [-0.15, -0.1) is 0 Å². The van der Waals surface area contributed by atoms with Crippen molar-refractivity contribution in [2.24, 2.45) is 22.2 Å². The lowest BCUT2D eigenvalue weighted by Gasteiger charge is -2.64. The first-order chi connectivity index (χ1) is 10.8. The number of nitrogens with one attached hydrogen (secondary N) is 1. The average molecular weight is 313 g/mol. The van der Waals surface area contributed by atoms with Crippen LogP contribution in [0, 0.1) is 22.2 Å². The highest BCUT2D eigenvalue weighted by molar-refractivity contribution is 5.83. The Morgan fingerprint density at radius 1 is 1.09 bits per heavy atom. The number of phenols is 1. The van der Waals surface area contributed by atoms with Crippen LogP contribution < -0.4 is 5.32 Å². The van der Waals surface area contributed by atoms with Crippen molar-refractivity contribution in [3.63, 3.8) is 0 Å². The second-order valence-electron chi connectivity index (χ2n) is 9.26. The fourth-order valence-electron chi connectivity index (χ4n) is 6.68. The Bertz CT molecular complexity index is 618. The molecule has 2 N–H and O–H groups in total. The molecule has 0 aromatic heterocycles. The lowest BCUT2D eigenvalue weighted by Crippen LogP contribution is -2.59. The lowest BCUT2D eigenvalue weighted by molar-refractivity contribution is -0.170. The van der Waals surface area contributed by atoms with Crippen molar-refractivity contribution in [1.29, 1.82) is 0 Å². The zero-order valence-corrected chi connectivity index (χ0v) is 14.2. The summed E-state index contributed by atoms with van der Waals surface area (Å²) in [4.78, 5) is 13.1. The Balaban J connectivity index is 1.50. The molecule has 0 radical (unpaired) electrons. The first kappa shape index (κ1) is 15.0. The van der Waals surface area contributed by atoms with Gasteiger partial charge in [-0.3, -0.25) is 4.79 Å². The van der Waals surface area contributed by atoms with Gasteiger partial charge in [0.2, 0.25) is 5.91 Å². The van der Waals surface area contributed by atoms with E-state index < -0.39 is 0 Å². The van der Waals surface area contributed by atoms with Crippen LogP contribution in [0.5, 0.6) is 5.75 Å². The van der Waals surface area contributed by atoms with Crippen molar-refractivity contribution in [1.82, 2.24) is 5.32 Å². The van der Waals surface area contributed by atoms with Crippen LogP contribution >= 0.6 is 0 Å². The Morgan fingerprint density at radius 3 is 2.26 bits per heavy atom. The normalized spacial score (nSPS) is 41.0. The van der Waals surface area contributed by atoms with Gasteiger partial charge >= 0.3 is 0 Å². The first-order valence-electron chi connectivity index (χ1n) is 8.86. The molecule has 124 valence electrons. The second-order valence-corrected chi connectivity index (χ2v) is 9.26. The molecule has 0 aliphatic heterocycles. The van der Waals surface area contributed by atoms with Crippen molar-refractivity contribution in [3.8, 4) is 5.75 Å². The molecule has 0 heterocycles. The van der Waals surface area contributed by atoms with Gasteiger partial charge in [-0.05, 0) is 73.0 Å². The molecule has 3 nitrogen and oxygen atoms in total. The van der Waals surface area contributed by atoms with Crippen LogP contribution in [-0.2, 0) is 11.3 Å². The lowest BCUT2D eigenvalue weighted by atomic mass is 9.40. The van der Waals surface area contributed by atoms with E-state index in [0.717, 1.165) is 30.7 Å². The van der Waals surface area contributed by atoms with Crippen LogP contribution in [0.15, 0.2) is 24.3 Å². The van der Waals surface area contributed by atoms with Crippen molar-refractivity contribution in [2.75, 3.05) is 0 Å². The zero-order valence-electron chi connectivity index (χ0n) is 14.2. The van der Waals surface area contributed by atoms with Gasteiger partial charge in [0.15, 0.2) is 0 Å². The first-order valence-corrected chi connectivity index (χ1v) is 8.86. The number of benzene rings is 1. The molecule has 5 rings (SSSR count). The summed E-state index contributed by atoms with van der Waals surface area (Å²) < 4.78 is 0. The largest absolute Gasteiger partial charge is 0.508 e. The van der Waals surface area contributed by atoms with Gasteiger partial charge in [0.25, 0.3) is 0 Å². The van der Waals surface area contributed by atoms with Crippen LogP contribution in [0.25, 0.3) is 0 Å². The van der Waals surface area contributed by atoms with E-state index in [1.807, 2.05) is 12.1 Å². The van der Waals surface area contributed by atoms with Crippen LogP contribution in [0.4, 0.5) is 0 Å². The maximum Gasteiger partial charge on any atom is 0.226 e.